The molecule has 11 rings (SSSR count). The summed E-state index contributed by atoms with van der Waals surface area (Å²) in [5.74, 6) is 0. The fourth-order valence-electron chi connectivity index (χ4n) is 8.26. The van der Waals surface area contributed by atoms with Crippen LogP contribution in [0, 0.1) is 0 Å². The first-order valence-corrected chi connectivity index (χ1v) is 20.2. The second-order valence-electron chi connectivity index (χ2n) is 14.3. The molecule has 0 fully saturated rings. The molecule has 3 heterocycles. The van der Waals surface area contributed by atoms with Crippen LogP contribution < -0.4 is 4.90 Å². The normalized spacial score (nSPS) is 13.1. The molecule has 0 amide bonds. The predicted octanol–water partition coefficient (Wildman–Crippen LogP) is 12.5. The summed E-state index contributed by atoms with van der Waals surface area (Å²) in [6.45, 7) is 4.64. The van der Waals surface area contributed by atoms with Crippen LogP contribution in [0.1, 0.15) is 25.0 Å². The van der Waals surface area contributed by atoms with Crippen molar-refractivity contribution in [3.63, 3.8) is 0 Å². The zero-order valence-electron chi connectivity index (χ0n) is 29.6. The summed E-state index contributed by atoms with van der Waals surface area (Å²) in [5, 5.41) is 0. The van der Waals surface area contributed by atoms with Crippen molar-refractivity contribution in [1.82, 2.24) is 26.2 Å². The molecule has 3 aromatic heterocycles. The van der Waals surface area contributed by atoms with Crippen molar-refractivity contribution in [3.8, 4) is 44.5 Å². The lowest BCUT2D eigenvalue weighted by Gasteiger charge is -2.26. The molecular formula is C45H29N7S3. The smallest absolute Gasteiger partial charge is 0.129 e. The highest BCUT2D eigenvalue weighted by molar-refractivity contribution is 7.00. The van der Waals surface area contributed by atoms with E-state index in [1.807, 2.05) is 30.3 Å². The number of rotatable bonds is 6. The van der Waals surface area contributed by atoms with Gasteiger partial charge in [-0.05, 0) is 87.0 Å². The molecule has 55 heavy (non-hydrogen) atoms. The maximum Gasteiger partial charge on any atom is 0.129 e. The monoisotopic (exact) mass is 763 g/mol. The molecule has 0 bridgehead atoms. The summed E-state index contributed by atoms with van der Waals surface area (Å²) in [6.07, 6.45) is 0. The Hall–Kier alpha value is -6.20. The van der Waals surface area contributed by atoms with Gasteiger partial charge >= 0.3 is 0 Å². The number of aromatic nitrogens is 6. The zero-order chi connectivity index (χ0) is 36.7. The number of benzene rings is 7. The summed E-state index contributed by atoms with van der Waals surface area (Å²) < 4.78 is 28.8. The average Bonchev–Trinajstić information content (AvgIpc) is 4.06. The van der Waals surface area contributed by atoms with E-state index in [-0.39, 0.29) is 5.41 Å². The molecule has 0 atom stereocenters. The van der Waals surface area contributed by atoms with Gasteiger partial charge in [-0.25, -0.2) is 0 Å². The van der Waals surface area contributed by atoms with Crippen molar-refractivity contribution in [2.45, 2.75) is 19.3 Å². The predicted molar refractivity (Wildman–Crippen MR) is 228 cm³/mol. The molecule has 1 aliphatic carbocycles. The summed E-state index contributed by atoms with van der Waals surface area (Å²) in [6, 6.07) is 49.5. The molecule has 0 saturated heterocycles. The maximum atomic E-state index is 4.93. The molecule has 0 aliphatic heterocycles. The number of fused-ring (bicyclic) bond motifs is 6. The van der Waals surface area contributed by atoms with Gasteiger partial charge in [0.1, 0.15) is 33.1 Å². The van der Waals surface area contributed by atoms with E-state index in [1.54, 1.807) is 0 Å². The van der Waals surface area contributed by atoms with E-state index >= 15 is 0 Å². The van der Waals surface area contributed by atoms with Crippen LogP contribution in [-0.4, -0.2) is 26.2 Å². The van der Waals surface area contributed by atoms with Gasteiger partial charge in [0.2, 0.25) is 0 Å². The van der Waals surface area contributed by atoms with E-state index in [1.165, 1.54) is 68.6 Å². The third-order valence-electron chi connectivity index (χ3n) is 11.0. The van der Waals surface area contributed by atoms with Crippen LogP contribution in [0.25, 0.3) is 77.6 Å². The van der Waals surface area contributed by atoms with Crippen molar-refractivity contribution in [2.75, 3.05) is 4.90 Å². The van der Waals surface area contributed by atoms with E-state index in [4.69, 9.17) is 21.9 Å². The summed E-state index contributed by atoms with van der Waals surface area (Å²) in [7, 11) is 0. The highest BCUT2D eigenvalue weighted by Crippen LogP contribution is 2.50. The molecule has 10 aromatic rings. The Morgan fingerprint density at radius 2 is 0.927 bits per heavy atom. The highest BCUT2D eigenvalue weighted by atomic mass is 32.1. The molecule has 7 aromatic carbocycles. The van der Waals surface area contributed by atoms with Gasteiger partial charge in [0, 0.05) is 16.5 Å². The van der Waals surface area contributed by atoms with E-state index in [0.717, 1.165) is 72.4 Å². The molecular weight excluding hydrogens is 735 g/mol. The van der Waals surface area contributed by atoms with Gasteiger partial charge in [0.15, 0.2) is 0 Å². The van der Waals surface area contributed by atoms with Crippen molar-refractivity contribution in [2.24, 2.45) is 0 Å². The Bertz CT molecular complexity index is 3090. The van der Waals surface area contributed by atoms with Crippen LogP contribution in [0.2, 0.25) is 0 Å². The highest BCUT2D eigenvalue weighted by Gasteiger charge is 2.35. The van der Waals surface area contributed by atoms with Crippen molar-refractivity contribution < 1.29 is 0 Å². The summed E-state index contributed by atoms with van der Waals surface area (Å²) in [4.78, 5) is 2.20. The third-order valence-corrected chi connectivity index (χ3v) is 12.6. The summed E-state index contributed by atoms with van der Waals surface area (Å²) in [5.41, 5.74) is 19.6. The minimum Gasteiger partial charge on any atom is -0.304 e. The van der Waals surface area contributed by atoms with Gasteiger partial charge in [0.05, 0.1) is 52.2 Å². The first-order chi connectivity index (χ1) is 27.0. The first-order valence-electron chi connectivity index (χ1n) is 18.0. The van der Waals surface area contributed by atoms with Crippen LogP contribution >= 0.6 is 35.2 Å². The van der Waals surface area contributed by atoms with Crippen LogP contribution in [-0.2, 0) is 5.41 Å². The molecule has 7 nitrogen and oxygen atoms in total. The SMILES string of the molecule is CC1(C)c2ccccc2-c2cc(-c3ccc(-c4ccc(N(c5cccc6nsnc56)c5ccc(-c6ccccc6)c6nsnc56)c5nsnc45)cc3)ccc21. The van der Waals surface area contributed by atoms with Gasteiger partial charge in [-0.1, -0.05) is 111 Å². The average molecular weight is 764 g/mol. The van der Waals surface area contributed by atoms with Crippen molar-refractivity contribution in [3.05, 3.63) is 151 Å². The van der Waals surface area contributed by atoms with Crippen LogP contribution in [0.15, 0.2) is 140 Å². The molecule has 0 spiro atoms. The fraction of sp³-hybridized carbons (Fsp3) is 0.0667. The minimum absolute atomic E-state index is 0.0126. The van der Waals surface area contributed by atoms with Gasteiger partial charge < -0.3 is 4.90 Å². The quantitative estimate of drug-likeness (QED) is 0.167. The molecule has 262 valence electrons. The van der Waals surface area contributed by atoms with Crippen LogP contribution in [0.5, 0.6) is 0 Å². The van der Waals surface area contributed by atoms with Crippen LogP contribution in [0.3, 0.4) is 0 Å². The number of nitrogens with zero attached hydrogens (tertiary/aromatic N) is 7. The molecule has 0 saturated carbocycles. The Balaban J connectivity index is 1.02. The summed E-state index contributed by atoms with van der Waals surface area (Å²) >= 11 is 3.65. The molecule has 10 heteroatoms. The number of anilines is 3. The zero-order valence-corrected chi connectivity index (χ0v) is 32.1. The molecule has 0 N–H and O–H groups in total. The Labute approximate surface area is 329 Å². The second kappa shape index (κ2) is 12.4. The van der Waals surface area contributed by atoms with Gasteiger partial charge in [-0.2, -0.15) is 26.2 Å². The lowest BCUT2D eigenvalue weighted by atomic mass is 9.82. The Morgan fingerprint density at radius 3 is 1.65 bits per heavy atom. The van der Waals surface area contributed by atoms with Crippen molar-refractivity contribution in [1.29, 1.82) is 0 Å². The largest absolute Gasteiger partial charge is 0.304 e. The Kier molecular flexibility index (Phi) is 7.28. The van der Waals surface area contributed by atoms with E-state index in [9.17, 15) is 0 Å². The third kappa shape index (κ3) is 4.99. The fourth-order valence-corrected chi connectivity index (χ4v) is 9.94. The van der Waals surface area contributed by atoms with Crippen LogP contribution in [0.4, 0.5) is 17.1 Å². The number of hydrogen-bond acceptors (Lipinski definition) is 10. The minimum atomic E-state index is -0.0126. The van der Waals surface area contributed by atoms with Gasteiger partial charge in [-0.15, -0.1) is 0 Å². The topological polar surface area (TPSA) is 80.6 Å². The maximum absolute atomic E-state index is 4.93. The molecule has 1 aliphatic rings. The lowest BCUT2D eigenvalue weighted by Crippen LogP contribution is -2.14. The van der Waals surface area contributed by atoms with E-state index in [0.29, 0.717) is 0 Å². The van der Waals surface area contributed by atoms with Crippen molar-refractivity contribution >= 4 is 85.3 Å². The lowest BCUT2D eigenvalue weighted by molar-refractivity contribution is 0.660. The Morgan fingerprint density at radius 1 is 0.382 bits per heavy atom. The van der Waals surface area contributed by atoms with Gasteiger partial charge in [0.25, 0.3) is 0 Å². The van der Waals surface area contributed by atoms with E-state index < -0.39 is 0 Å². The molecule has 0 radical (unpaired) electrons. The first kappa shape index (κ1) is 32.2. The second-order valence-corrected chi connectivity index (χ2v) is 15.9. The number of hydrogen-bond donors (Lipinski definition) is 0. The standard InChI is InChI=1S/C45H29N7S3/c1-45(2)34-12-7-6-11-32(34)33-25-29(19-22-35(33)45)26-15-17-28(18-16-26)31-21-24-39(44-41(31)48-55-51-44)52(37-14-8-13-36-42(37)49-53-46-36)38-23-20-30(27-9-4-3-5-10-27)40-43(38)50-54-47-40/h3-25H,1-2H3. The van der Waals surface area contributed by atoms with Gasteiger partial charge in [-0.3, -0.25) is 0 Å². The molecule has 0 unspecified atom stereocenters. The van der Waals surface area contributed by atoms with E-state index in [2.05, 4.69) is 132 Å².